The molecule has 0 spiro atoms. The molecule has 208 valence electrons. The van der Waals surface area contributed by atoms with Crippen molar-refractivity contribution >= 4 is 5.97 Å². The van der Waals surface area contributed by atoms with Gasteiger partial charge in [-0.25, -0.2) is 0 Å². The number of hydrogen-bond donors (Lipinski definition) is 5. The minimum Gasteiger partial charge on any atom is -0.463 e. The molecule has 1 aliphatic heterocycles. The molecular weight excluding hydrogens is 468 g/mol. The van der Waals surface area contributed by atoms with Crippen LogP contribution in [0.4, 0.5) is 0 Å². The summed E-state index contributed by atoms with van der Waals surface area (Å²) in [4.78, 5) is 11.9. The summed E-state index contributed by atoms with van der Waals surface area (Å²) in [6.07, 6.45) is 14.3. The summed E-state index contributed by atoms with van der Waals surface area (Å²) in [5, 5.41) is 48.5. The van der Waals surface area contributed by atoms with Crippen LogP contribution < -0.4 is 0 Å². The van der Waals surface area contributed by atoms with Crippen LogP contribution in [0.15, 0.2) is 36.5 Å². The average Bonchev–Trinajstić information content (AvgIpc) is 2.88. The van der Waals surface area contributed by atoms with E-state index in [0.29, 0.717) is 0 Å². The van der Waals surface area contributed by atoms with Gasteiger partial charge >= 0.3 is 5.97 Å². The maximum atomic E-state index is 11.9. The van der Waals surface area contributed by atoms with Gasteiger partial charge in [0.05, 0.1) is 13.2 Å². The number of hydrogen-bond acceptors (Lipinski definition) is 9. The van der Waals surface area contributed by atoms with Gasteiger partial charge in [0, 0.05) is 6.42 Å². The van der Waals surface area contributed by atoms with Crippen LogP contribution in [0.3, 0.4) is 0 Å². The minimum atomic E-state index is -1.56. The molecule has 6 atom stereocenters. The molecule has 1 rings (SSSR count). The molecule has 9 heteroatoms. The van der Waals surface area contributed by atoms with E-state index in [1.54, 1.807) is 0 Å². The number of unbranched alkanes of at least 4 members (excludes halogenated alkanes) is 5. The zero-order chi connectivity index (χ0) is 26.6. The molecule has 0 amide bonds. The second-order valence-electron chi connectivity index (χ2n) is 8.97. The van der Waals surface area contributed by atoms with E-state index >= 15 is 0 Å². The number of aliphatic hydroxyl groups excluding tert-OH is 5. The van der Waals surface area contributed by atoms with Gasteiger partial charge in [0.1, 0.15) is 37.1 Å². The third kappa shape index (κ3) is 14.2. The van der Waals surface area contributed by atoms with Crippen molar-refractivity contribution in [2.75, 3.05) is 19.8 Å². The van der Waals surface area contributed by atoms with Crippen molar-refractivity contribution in [3.05, 3.63) is 36.5 Å². The standard InChI is InChI=1S/C27H46O9/c1-2-3-4-5-6-7-8-9-10-11-12-13-14-15-16-17-23(30)34-19-21(29)20-35-27-26(33)25(32)24(31)22(18-28)36-27/h3-4,6-7,9-10,21-22,24-29,31-33H,2,5,8,11-20H2,1H3/b4-3-,7-6-,10-9-/t21?,22-,24-,25+,26-,27-/m1/s1. The number of allylic oxidation sites excluding steroid dienone is 6. The fourth-order valence-electron chi connectivity index (χ4n) is 3.61. The van der Waals surface area contributed by atoms with Gasteiger partial charge in [0.15, 0.2) is 6.29 Å². The Bertz CT molecular complexity index is 647. The van der Waals surface area contributed by atoms with Crippen LogP contribution in [0, 0.1) is 0 Å². The zero-order valence-corrected chi connectivity index (χ0v) is 21.5. The van der Waals surface area contributed by atoms with E-state index in [4.69, 9.17) is 19.3 Å². The molecule has 0 aromatic rings. The quantitative estimate of drug-likeness (QED) is 0.0995. The van der Waals surface area contributed by atoms with Gasteiger partial charge in [-0.1, -0.05) is 62.6 Å². The largest absolute Gasteiger partial charge is 0.463 e. The van der Waals surface area contributed by atoms with Gasteiger partial charge in [-0.05, 0) is 38.5 Å². The van der Waals surface area contributed by atoms with E-state index in [1.165, 1.54) is 0 Å². The molecule has 0 aromatic carbocycles. The van der Waals surface area contributed by atoms with Crippen molar-refractivity contribution in [1.29, 1.82) is 0 Å². The third-order valence-electron chi connectivity index (χ3n) is 5.77. The summed E-state index contributed by atoms with van der Waals surface area (Å²) in [6, 6.07) is 0. The summed E-state index contributed by atoms with van der Waals surface area (Å²) in [7, 11) is 0. The normalized spacial score (nSPS) is 25.8. The molecule has 0 radical (unpaired) electrons. The monoisotopic (exact) mass is 514 g/mol. The van der Waals surface area contributed by atoms with Crippen molar-refractivity contribution in [3.63, 3.8) is 0 Å². The summed E-state index contributed by atoms with van der Waals surface area (Å²) in [6.45, 7) is 0.964. The van der Waals surface area contributed by atoms with Crippen molar-refractivity contribution in [1.82, 2.24) is 0 Å². The molecule has 1 unspecified atom stereocenters. The van der Waals surface area contributed by atoms with Gasteiger partial charge in [-0.3, -0.25) is 4.79 Å². The second-order valence-corrected chi connectivity index (χ2v) is 8.97. The fraction of sp³-hybridized carbons (Fsp3) is 0.741. The van der Waals surface area contributed by atoms with E-state index in [0.717, 1.165) is 57.8 Å². The van der Waals surface area contributed by atoms with Crippen molar-refractivity contribution in [2.45, 2.75) is 108 Å². The van der Waals surface area contributed by atoms with Crippen LogP contribution in [0.1, 0.15) is 71.1 Å². The van der Waals surface area contributed by atoms with E-state index in [-0.39, 0.29) is 19.6 Å². The summed E-state index contributed by atoms with van der Waals surface area (Å²) in [5.41, 5.74) is 0. The molecule has 0 bridgehead atoms. The first kappa shape index (κ1) is 32.4. The molecule has 5 N–H and O–H groups in total. The van der Waals surface area contributed by atoms with Gasteiger partial charge in [-0.15, -0.1) is 0 Å². The third-order valence-corrected chi connectivity index (χ3v) is 5.77. The predicted molar refractivity (Wildman–Crippen MR) is 136 cm³/mol. The Morgan fingerprint density at radius 1 is 0.861 bits per heavy atom. The predicted octanol–water partition coefficient (Wildman–Crippen LogP) is 2.30. The van der Waals surface area contributed by atoms with Crippen molar-refractivity contribution < 1.29 is 44.5 Å². The molecule has 9 nitrogen and oxygen atoms in total. The highest BCUT2D eigenvalue weighted by molar-refractivity contribution is 5.69. The maximum absolute atomic E-state index is 11.9. The van der Waals surface area contributed by atoms with Gasteiger partial charge in [0.25, 0.3) is 0 Å². The summed E-state index contributed by atoms with van der Waals surface area (Å²) in [5.74, 6) is -0.400. The first-order valence-corrected chi connectivity index (χ1v) is 13.1. The highest BCUT2D eigenvalue weighted by Crippen LogP contribution is 2.22. The molecular formula is C27H46O9. The van der Waals surface area contributed by atoms with Crippen LogP contribution in [0.2, 0.25) is 0 Å². The number of aliphatic hydroxyl groups is 5. The number of carbonyl (C=O) groups excluding carboxylic acids is 1. The van der Waals surface area contributed by atoms with E-state index in [1.807, 2.05) is 0 Å². The second kappa shape index (κ2) is 20.5. The number of ether oxygens (including phenoxy) is 3. The SMILES string of the molecule is CC/C=C\C/C=C\C/C=C\CCCCCCCC(=O)OCC(O)CO[C@@H]1O[C@H](CO)[C@@H](O)[C@H](O)[C@H]1O. The van der Waals surface area contributed by atoms with Crippen LogP contribution >= 0.6 is 0 Å². The van der Waals surface area contributed by atoms with Gasteiger partial charge in [0.2, 0.25) is 0 Å². The number of esters is 1. The Labute approximate surface area is 215 Å². The van der Waals surface area contributed by atoms with Crippen LogP contribution in [-0.2, 0) is 19.0 Å². The van der Waals surface area contributed by atoms with Crippen LogP contribution in [0.25, 0.3) is 0 Å². The highest BCUT2D eigenvalue weighted by Gasteiger charge is 2.44. The van der Waals surface area contributed by atoms with E-state index in [2.05, 4.69) is 43.4 Å². The topological polar surface area (TPSA) is 146 Å². The summed E-state index contributed by atoms with van der Waals surface area (Å²) >= 11 is 0. The summed E-state index contributed by atoms with van der Waals surface area (Å²) < 4.78 is 15.5. The Balaban J connectivity index is 2.02. The fourth-order valence-corrected chi connectivity index (χ4v) is 3.61. The average molecular weight is 515 g/mol. The van der Waals surface area contributed by atoms with Crippen LogP contribution in [-0.4, -0.2) is 88.1 Å². The minimum absolute atomic E-state index is 0.271. The molecule has 1 saturated heterocycles. The Morgan fingerprint density at radius 2 is 1.50 bits per heavy atom. The Kier molecular flexibility index (Phi) is 18.4. The number of rotatable bonds is 19. The molecule has 0 aliphatic carbocycles. The van der Waals surface area contributed by atoms with Crippen LogP contribution in [0.5, 0.6) is 0 Å². The molecule has 0 saturated carbocycles. The molecule has 36 heavy (non-hydrogen) atoms. The Morgan fingerprint density at radius 3 is 2.19 bits per heavy atom. The number of carbonyl (C=O) groups is 1. The molecule has 1 aliphatic rings. The van der Waals surface area contributed by atoms with Gasteiger partial charge in [-0.2, -0.15) is 0 Å². The molecule has 0 aromatic heterocycles. The molecule has 1 heterocycles. The lowest BCUT2D eigenvalue weighted by molar-refractivity contribution is -0.305. The Hall–Kier alpha value is -1.59. The maximum Gasteiger partial charge on any atom is 0.305 e. The lowest BCUT2D eigenvalue weighted by atomic mass is 9.99. The highest BCUT2D eigenvalue weighted by atomic mass is 16.7. The van der Waals surface area contributed by atoms with E-state index in [9.17, 15) is 25.2 Å². The lowest BCUT2D eigenvalue weighted by Crippen LogP contribution is -2.59. The van der Waals surface area contributed by atoms with E-state index < -0.39 is 49.4 Å². The first-order valence-electron chi connectivity index (χ1n) is 13.1. The molecule has 1 fully saturated rings. The first-order chi connectivity index (χ1) is 17.4. The van der Waals surface area contributed by atoms with Crippen molar-refractivity contribution in [3.8, 4) is 0 Å². The van der Waals surface area contributed by atoms with Gasteiger partial charge < -0.3 is 39.7 Å². The van der Waals surface area contributed by atoms with Crippen molar-refractivity contribution in [2.24, 2.45) is 0 Å². The zero-order valence-electron chi connectivity index (χ0n) is 21.5. The smallest absolute Gasteiger partial charge is 0.305 e. The lowest BCUT2D eigenvalue weighted by Gasteiger charge is -2.39.